The van der Waals surface area contributed by atoms with E-state index >= 15 is 0 Å². The zero-order valence-electron chi connectivity index (χ0n) is 10.3. The number of likely N-dealkylation sites (N-methyl/N-ethyl adjacent to an activating group) is 1. The number of rotatable bonds is 4. The average Bonchev–Trinajstić information content (AvgIpc) is 2.31. The Labute approximate surface area is 101 Å². The first kappa shape index (κ1) is 13.5. The second kappa shape index (κ2) is 6.21. The van der Waals surface area contributed by atoms with E-state index in [4.69, 9.17) is 5.26 Å². The molecule has 0 aliphatic carbocycles. The fourth-order valence-electron chi connectivity index (χ4n) is 1.68. The van der Waals surface area contributed by atoms with Crippen LogP contribution in [0.25, 0.3) is 0 Å². The van der Waals surface area contributed by atoms with Gasteiger partial charge in [-0.25, -0.2) is 0 Å². The highest BCUT2D eigenvalue weighted by Crippen LogP contribution is 2.04. The molecule has 0 aromatic rings. The lowest BCUT2D eigenvalue weighted by Crippen LogP contribution is -2.56. The lowest BCUT2D eigenvalue weighted by molar-refractivity contribution is -0.135. The molecule has 2 amide bonds. The zero-order valence-corrected chi connectivity index (χ0v) is 10.3. The summed E-state index contributed by atoms with van der Waals surface area (Å²) in [6.45, 7) is 3.72. The van der Waals surface area contributed by atoms with Crippen molar-refractivity contribution in [2.24, 2.45) is 0 Å². The molecule has 94 valence electrons. The highest BCUT2D eigenvalue weighted by molar-refractivity contribution is 5.84. The van der Waals surface area contributed by atoms with Gasteiger partial charge in [-0.2, -0.15) is 5.26 Å². The molecule has 1 aliphatic heterocycles. The van der Waals surface area contributed by atoms with E-state index in [9.17, 15) is 9.59 Å². The Bertz CT molecular complexity index is 337. The molecular formula is C11H18N4O2. The van der Waals surface area contributed by atoms with E-state index in [1.165, 1.54) is 4.90 Å². The van der Waals surface area contributed by atoms with Crippen molar-refractivity contribution in [3.63, 3.8) is 0 Å². The fraction of sp³-hybridized carbons (Fsp3) is 0.727. The quantitative estimate of drug-likeness (QED) is 0.694. The third kappa shape index (κ3) is 3.71. The molecule has 6 heteroatoms. The van der Waals surface area contributed by atoms with Crippen molar-refractivity contribution in [2.75, 3.05) is 33.2 Å². The molecule has 0 radical (unpaired) electrons. The van der Waals surface area contributed by atoms with Crippen molar-refractivity contribution in [3.8, 4) is 6.07 Å². The van der Waals surface area contributed by atoms with E-state index in [-0.39, 0.29) is 24.4 Å². The lowest BCUT2D eigenvalue weighted by Gasteiger charge is -2.33. The number of carbonyl (C=O) groups is 2. The van der Waals surface area contributed by atoms with Crippen LogP contribution in [0.5, 0.6) is 0 Å². The van der Waals surface area contributed by atoms with Crippen LogP contribution < -0.4 is 5.32 Å². The second-order valence-corrected chi connectivity index (χ2v) is 4.16. The van der Waals surface area contributed by atoms with Crippen LogP contribution in [0.1, 0.15) is 13.3 Å². The Morgan fingerprint density at radius 3 is 3.06 bits per heavy atom. The molecule has 17 heavy (non-hydrogen) atoms. The molecule has 1 unspecified atom stereocenters. The molecule has 1 rings (SSSR count). The Morgan fingerprint density at radius 2 is 2.41 bits per heavy atom. The van der Waals surface area contributed by atoms with Crippen molar-refractivity contribution in [1.82, 2.24) is 15.1 Å². The van der Waals surface area contributed by atoms with Crippen LogP contribution in [-0.4, -0.2) is 60.9 Å². The van der Waals surface area contributed by atoms with Gasteiger partial charge in [-0.1, -0.05) is 0 Å². The van der Waals surface area contributed by atoms with Crippen molar-refractivity contribution in [1.29, 1.82) is 5.26 Å². The molecule has 1 saturated heterocycles. The van der Waals surface area contributed by atoms with Crippen LogP contribution in [-0.2, 0) is 9.59 Å². The molecule has 0 spiro atoms. The molecular weight excluding hydrogens is 220 g/mol. The van der Waals surface area contributed by atoms with E-state index in [2.05, 4.69) is 5.32 Å². The third-order valence-electron chi connectivity index (χ3n) is 2.95. The lowest BCUT2D eigenvalue weighted by atomic mass is 10.2. The van der Waals surface area contributed by atoms with Gasteiger partial charge in [0.25, 0.3) is 0 Å². The second-order valence-electron chi connectivity index (χ2n) is 4.16. The van der Waals surface area contributed by atoms with Gasteiger partial charge >= 0.3 is 0 Å². The number of amides is 2. The van der Waals surface area contributed by atoms with Crippen LogP contribution in [0.4, 0.5) is 0 Å². The molecule has 1 aliphatic rings. The summed E-state index contributed by atoms with van der Waals surface area (Å²) in [4.78, 5) is 26.6. The normalized spacial score (nSPS) is 20.5. The van der Waals surface area contributed by atoms with Crippen LogP contribution in [0.2, 0.25) is 0 Å². The van der Waals surface area contributed by atoms with Gasteiger partial charge in [0, 0.05) is 26.7 Å². The standard InChI is InChI=1S/C11H18N4O2/c1-9-11(17)13-5-7-15(9)8-10(16)14(2)6-3-4-12/h9H,3,5-8H2,1-2H3,(H,13,17). The van der Waals surface area contributed by atoms with E-state index in [0.717, 1.165) is 0 Å². The van der Waals surface area contributed by atoms with Crippen molar-refractivity contribution >= 4 is 11.8 Å². The summed E-state index contributed by atoms with van der Waals surface area (Å²) in [5.41, 5.74) is 0. The van der Waals surface area contributed by atoms with Crippen molar-refractivity contribution in [3.05, 3.63) is 0 Å². The molecule has 0 bridgehead atoms. The predicted octanol–water partition coefficient (Wildman–Crippen LogP) is -0.821. The predicted molar refractivity (Wildman–Crippen MR) is 61.9 cm³/mol. The Kier molecular flexibility index (Phi) is 4.91. The average molecular weight is 238 g/mol. The maximum Gasteiger partial charge on any atom is 0.237 e. The number of nitriles is 1. The number of nitrogens with zero attached hydrogens (tertiary/aromatic N) is 3. The fourth-order valence-corrected chi connectivity index (χ4v) is 1.68. The highest BCUT2D eigenvalue weighted by atomic mass is 16.2. The SMILES string of the molecule is CC1C(=O)NCCN1CC(=O)N(C)CCC#N. The number of hydrogen-bond acceptors (Lipinski definition) is 4. The van der Waals surface area contributed by atoms with Gasteiger partial charge in [0.05, 0.1) is 25.1 Å². The van der Waals surface area contributed by atoms with E-state index < -0.39 is 0 Å². The molecule has 1 fully saturated rings. The minimum Gasteiger partial charge on any atom is -0.353 e. The van der Waals surface area contributed by atoms with Gasteiger partial charge in [0.1, 0.15) is 0 Å². The third-order valence-corrected chi connectivity index (χ3v) is 2.95. The number of piperazine rings is 1. The largest absolute Gasteiger partial charge is 0.353 e. The Hall–Kier alpha value is -1.61. The maximum absolute atomic E-state index is 11.8. The number of carbonyl (C=O) groups excluding carboxylic acids is 2. The summed E-state index contributed by atoms with van der Waals surface area (Å²) in [6.07, 6.45) is 0.332. The maximum atomic E-state index is 11.8. The molecule has 1 heterocycles. The molecule has 0 aromatic carbocycles. The monoisotopic (exact) mass is 238 g/mol. The molecule has 0 aromatic heterocycles. The molecule has 6 nitrogen and oxygen atoms in total. The first-order valence-electron chi connectivity index (χ1n) is 5.69. The van der Waals surface area contributed by atoms with Gasteiger partial charge in [-0.05, 0) is 6.92 Å². The van der Waals surface area contributed by atoms with Crippen LogP contribution in [0.15, 0.2) is 0 Å². The smallest absolute Gasteiger partial charge is 0.237 e. The van der Waals surface area contributed by atoms with Crippen LogP contribution in [0, 0.1) is 11.3 Å². The Balaban J connectivity index is 2.45. The minimum atomic E-state index is -0.267. The van der Waals surface area contributed by atoms with Gasteiger partial charge < -0.3 is 10.2 Å². The van der Waals surface area contributed by atoms with Crippen LogP contribution in [0.3, 0.4) is 0 Å². The summed E-state index contributed by atoms with van der Waals surface area (Å²) < 4.78 is 0. The molecule has 0 saturated carbocycles. The van der Waals surface area contributed by atoms with Gasteiger partial charge in [0.15, 0.2) is 0 Å². The summed E-state index contributed by atoms with van der Waals surface area (Å²) in [5, 5.41) is 11.2. The first-order valence-corrected chi connectivity index (χ1v) is 5.69. The molecule has 1 N–H and O–H groups in total. The number of hydrogen-bond donors (Lipinski definition) is 1. The minimum absolute atomic E-state index is 0.0382. The van der Waals surface area contributed by atoms with E-state index in [1.54, 1.807) is 14.0 Å². The summed E-state index contributed by atoms with van der Waals surface area (Å²) >= 11 is 0. The summed E-state index contributed by atoms with van der Waals surface area (Å²) in [6, 6.07) is 1.73. The number of nitrogens with one attached hydrogen (secondary N) is 1. The summed E-state index contributed by atoms with van der Waals surface area (Å²) in [7, 11) is 1.67. The van der Waals surface area contributed by atoms with Crippen molar-refractivity contribution in [2.45, 2.75) is 19.4 Å². The highest BCUT2D eigenvalue weighted by Gasteiger charge is 2.27. The Morgan fingerprint density at radius 1 is 1.71 bits per heavy atom. The van der Waals surface area contributed by atoms with Gasteiger partial charge in [0.2, 0.25) is 11.8 Å². The summed E-state index contributed by atoms with van der Waals surface area (Å²) in [5.74, 6) is -0.0921. The first-order chi connectivity index (χ1) is 8.06. The van der Waals surface area contributed by atoms with Gasteiger partial charge in [-0.15, -0.1) is 0 Å². The van der Waals surface area contributed by atoms with E-state index in [0.29, 0.717) is 26.1 Å². The topological polar surface area (TPSA) is 76.4 Å². The van der Waals surface area contributed by atoms with Gasteiger partial charge in [-0.3, -0.25) is 14.5 Å². The van der Waals surface area contributed by atoms with Crippen LogP contribution >= 0.6 is 0 Å². The molecule has 1 atom stereocenters. The van der Waals surface area contributed by atoms with Crippen molar-refractivity contribution < 1.29 is 9.59 Å². The zero-order chi connectivity index (χ0) is 12.8. The van der Waals surface area contributed by atoms with E-state index in [1.807, 2.05) is 11.0 Å².